The highest BCUT2D eigenvalue weighted by Crippen LogP contribution is 2.30. The second-order valence-corrected chi connectivity index (χ2v) is 8.55. The number of aromatic nitrogens is 2. The molecule has 0 radical (unpaired) electrons. The van der Waals surface area contributed by atoms with Gasteiger partial charge in [-0.15, -0.1) is 0 Å². The van der Waals surface area contributed by atoms with Crippen LogP contribution in [-0.4, -0.2) is 24.4 Å². The zero-order chi connectivity index (χ0) is 19.0. The van der Waals surface area contributed by atoms with E-state index in [9.17, 15) is 8.42 Å². The van der Waals surface area contributed by atoms with E-state index in [0.29, 0.717) is 17.3 Å². The van der Waals surface area contributed by atoms with Crippen molar-refractivity contribution >= 4 is 32.5 Å². The van der Waals surface area contributed by atoms with E-state index < -0.39 is 10.0 Å². The van der Waals surface area contributed by atoms with Gasteiger partial charge in [-0.05, 0) is 60.6 Å². The first-order valence-electron chi connectivity index (χ1n) is 8.43. The van der Waals surface area contributed by atoms with Gasteiger partial charge in [0.1, 0.15) is 0 Å². The number of rotatable bonds is 5. The Morgan fingerprint density at radius 3 is 2.74 bits per heavy atom. The molecule has 0 aliphatic rings. The van der Waals surface area contributed by atoms with Gasteiger partial charge in [-0.3, -0.25) is 0 Å². The number of aromatic amines is 1. The molecule has 0 aliphatic heterocycles. The molecule has 0 spiro atoms. The molecule has 27 heavy (non-hydrogen) atoms. The largest absolute Gasteiger partial charge is 0.361 e. The molecule has 0 saturated carbocycles. The fourth-order valence-electron chi connectivity index (χ4n) is 3.16. The molecule has 4 rings (SSSR count). The van der Waals surface area contributed by atoms with Crippen molar-refractivity contribution in [3.63, 3.8) is 0 Å². The second-order valence-electron chi connectivity index (χ2n) is 6.30. The van der Waals surface area contributed by atoms with Crippen molar-refractivity contribution in [3.05, 3.63) is 77.6 Å². The maximum absolute atomic E-state index is 13.3. The Kier molecular flexibility index (Phi) is 4.55. The highest BCUT2D eigenvalue weighted by molar-refractivity contribution is 7.90. The minimum atomic E-state index is -3.78. The number of fused-ring (bicyclic) bond motifs is 1. The van der Waals surface area contributed by atoms with Crippen molar-refractivity contribution < 1.29 is 8.42 Å². The Hall–Kier alpha value is -2.54. The van der Waals surface area contributed by atoms with E-state index in [0.717, 1.165) is 22.0 Å². The first kappa shape index (κ1) is 17.9. The molecule has 5 nitrogen and oxygen atoms in total. The molecule has 0 unspecified atom stereocenters. The fourth-order valence-corrected chi connectivity index (χ4v) is 4.86. The van der Waals surface area contributed by atoms with Gasteiger partial charge in [0.15, 0.2) is 0 Å². The molecule has 2 N–H and O–H groups in total. The van der Waals surface area contributed by atoms with Crippen LogP contribution >= 0.6 is 11.6 Å². The summed E-state index contributed by atoms with van der Waals surface area (Å²) in [6, 6.07) is 16.0. The van der Waals surface area contributed by atoms with E-state index >= 15 is 0 Å². The lowest BCUT2D eigenvalue weighted by Crippen LogP contribution is -2.13. The monoisotopic (exact) mass is 399 g/mol. The van der Waals surface area contributed by atoms with Crippen molar-refractivity contribution in [1.29, 1.82) is 0 Å². The summed E-state index contributed by atoms with van der Waals surface area (Å²) in [6.07, 6.45) is 3.52. The molecule has 0 saturated heterocycles. The van der Waals surface area contributed by atoms with E-state index in [1.807, 2.05) is 43.6 Å². The van der Waals surface area contributed by atoms with Crippen molar-refractivity contribution in [1.82, 2.24) is 14.3 Å². The summed E-state index contributed by atoms with van der Waals surface area (Å²) in [5, 5.41) is 4.47. The standard InChI is InChI=1S/C20H18ClN3O2S/c1-22-12-14-9-20(16-5-6-19-15(10-16)7-8-23-19)24(13-14)27(25,26)18-4-2-3-17(21)11-18/h2-11,13,22-23H,12H2,1H3. The zero-order valence-corrected chi connectivity index (χ0v) is 16.2. The molecule has 0 aliphatic carbocycles. The first-order chi connectivity index (χ1) is 13.0. The number of nitrogens with zero attached hydrogens (tertiary/aromatic N) is 1. The van der Waals surface area contributed by atoms with Crippen molar-refractivity contribution in [2.45, 2.75) is 11.4 Å². The molecule has 0 fully saturated rings. The maximum Gasteiger partial charge on any atom is 0.268 e. The number of halogens is 1. The maximum atomic E-state index is 13.3. The van der Waals surface area contributed by atoms with Crippen LogP contribution in [0.2, 0.25) is 5.02 Å². The Morgan fingerprint density at radius 2 is 1.96 bits per heavy atom. The lowest BCUT2D eigenvalue weighted by molar-refractivity contribution is 0.588. The van der Waals surface area contributed by atoms with Crippen LogP contribution in [0.5, 0.6) is 0 Å². The molecular formula is C20H18ClN3O2S. The predicted molar refractivity (Wildman–Crippen MR) is 109 cm³/mol. The number of nitrogens with one attached hydrogen (secondary N) is 2. The number of H-pyrrole nitrogens is 1. The number of benzene rings is 2. The van der Waals surface area contributed by atoms with E-state index in [-0.39, 0.29) is 4.90 Å². The Morgan fingerprint density at radius 1 is 1.11 bits per heavy atom. The van der Waals surface area contributed by atoms with E-state index in [1.54, 1.807) is 24.4 Å². The molecule has 138 valence electrons. The van der Waals surface area contributed by atoms with Gasteiger partial charge in [0, 0.05) is 34.9 Å². The molecular weight excluding hydrogens is 382 g/mol. The lowest BCUT2D eigenvalue weighted by atomic mass is 10.1. The molecule has 4 aromatic rings. The summed E-state index contributed by atoms with van der Waals surface area (Å²) in [6.45, 7) is 0.567. The first-order valence-corrected chi connectivity index (χ1v) is 10.3. The number of hydrogen-bond donors (Lipinski definition) is 2. The van der Waals surface area contributed by atoms with Crippen LogP contribution in [0.25, 0.3) is 22.2 Å². The molecule has 2 aromatic carbocycles. The van der Waals surface area contributed by atoms with Crippen LogP contribution in [0.15, 0.2) is 71.9 Å². The van der Waals surface area contributed by atoms with Gasteiger partial charge in [-0.25, -0.2) is 12.4 Å². The van der Waals surface area contributed by atoms with Crippen LogP contribution in [0.3, 0.4) is 0 Å². The Balaban J connectivity index is 1.91. The van der Waals surface area contributed by atoms with Gasteiger partial charge in [0.2, 0.25) is 0 Å². The summed E-state index contributed by atoms with van der Waals surface area (Å²) in [7, 11) is -1.95. The normalized spacial score (nSPS) is 11.9. The molecule has 2 aromatic heterocycles. The third-order valence-electron chi connectivity index (χ3n) is 4.43. The third-order valence-corrected chi connectivity index (χ3v) is 6.33. The summed E-state index contributed by atoms with van der Waals surface area (Å²) >= 11 is 6.02. The molecule has 0 amide bonds. The van der Waals surface area contributed by atoms with Gasteiger partial charge < -0.3 is 10.3 Å². The minimum Gasteiger partial charge on any atom is -0.361 e. The summed E-state index contributed by atoms with van der Waals surface area (Å²) in [5.41, 5.74) is 3.33. The molecule has 0 atom stereocenters. The molecule has 7 heteroatoms. The van der Waals surface area contributed by atoms with Crippen LogP contribution in [0.4, 0.5) is 0 Å². The van der Waals surface area contributed by atoms with Gasteiger partial charge in [0.25, 0.3) is 10.0 Å². The van der Waals surface area contributed by atoms with Crippen molar-refractivity contribution in [2.75, 3.05) is 7.05 Å². The predicted octanol–water partition coefficient (Wildman–Crippen LogP) is 4.25. The quantitative estimate of drug-likeness (QED) is 0.527. The summed E-state index contributed by atoms with van der Waals surface area (Å²) in [4.78, 5) is 3.31. The Labute approximate surface area is 162 Å². The summed E-state index contributed by atoms with van der Waals surface area (Å²) in [5.74, 6) is 0. The van der Waals surface area contributed by atoms with Crippen LogP contribution in [0, 0.1) is 0 Å². The average Bonchev–Trinajstić information content (AvgIpc) is 3.28. The highest BCUT2D eigenvalue weighted by Gasteiger charge is 2.22. The van der Waals surface area contributed by atoms with E-state index in [1.165, 1.54) is 10.0 Å². The second kappa shape index (κ2) is 6.88. The van der Waals surface area contributed by atoms with Gasteiger partial charge in [-0.2, -0.15) is 0 Å². The van der Waals surface area contributed by atoms with Crippen LogP contribution in [0.1, 0.15) is 5.56 Å². The topological polar surface area (TPSA) is 66.9 Å². The highest BCUT2D eigenvalue weighted by atomic mass is 35.5. The van der Waals surface area contributed by atoms with E-state index in [2.05, 4.69) is 10.3 Å². The van der Waals surface area contributed by atoms with Crippen LogP contribution < -0.4 is 5.32 Å². The lowest BCUT2D eigenvalue weighted by Gasteiger charge is -2.11. The van der Waals surface area contributed by atoms with Crippen molar-refractivity contribution in [2.24, 2.45) is 0 Å². The van der Waals surface area contributed by atoms with E-state index in [4.69, 9.17) is 11.6 Å². The summed E-state index contributed by atoms with van der Waals surface area (Å²) < 4.78 is 27.9. The van der Waals surface area contributed by atoms with Gasteiger partial charge in [0.05, 0.1) is 10.6 Å². The smallest absolute Gasteiger partial charge is 0.268 e. The third kappa shape index (κ3) is 3.27. The average molecular weight is 400 g/mol. The zero-order valence-electron chi connectivity index (χ0n) is 14.6. The van der Waals surface area contributed by atoms with Gasteiger partial charge >= 0.3 is 0 Å². The minimum absolute atomic E-state index is 0.158. The Bertz CT molecular complexity index is 1220. The SMILES string of the molecule is CNCc1cc(-c2ccc3[nH]ccc3c2)n(S(=O)(=O)c2cccc(Cl)c2)c1. The van der Waals surface area contributed by atoms with Crippen molar-refractivity contribution in [3.8, 4) is 11.3 Å². The number of hydrogen-bond acceptors (Lipinski definition) is 3. The molecule has 2 heterocycles. The fraction of sp³-hybridized carbons (Fsp3) is 0.100. The van der Waals surface area contributed by atoms with Gasteiger partial charge in [-0.1, -0.05) is 23.7 Å². The van der Waals surface area contributed by atoms with Crippen LogP contribution in [-0.2, 0) is 16.6 Å². The molecule has 0 bridgehead atoms.